The van der Waals surface area contributed by atoms with Crippen LogP contribution in [0.4, 0.5) is 0 Å². The summed E-state index contributed by atoms with van der Waals surface area (Å²) in [5, 5.41) is 12.2. The molecular weight excluding hydrogens is 308 g/mol. The minimum atomic E-state index is -0.976. The molecule has 1 aromatic carbocycles. The van der Waals surface area contributed by atoms with Crippen LogP contribution in [-0.4, -0.2) is 40.4 Å². The first kappa shape index (κ1) is 18.0. The third-order valence-corrected chi connectivity index (χ3v) is 4.50. The number of amides is 2. The molecule has 1 aliphatic rings. The van der Waals surface area contributed by atoms with Crippen molar-refractivity contribution in [1.29, 1.82) is 0 Å². The standard InChI is InChI=1S/C18H24N2O4/c1-11(2)20-10-14(9-15(20)21)17(22)19-16(12(3)18(23)24)13-7-5-4-6-8-13/h4-8,11-12,14,16H,9-10H2,1-3H3,(H,19,22)(H,23,24)/t12-,14+,16-/m0/s1. The molecule has 1 aliphatic heterocycles. The van der Waals surface area contributed by atoms with E-state index in [1.165, 1.54) is 0 Å². The van der Waals surface area contributed by atoms with E-state index in [-0.39, 0.29) is 24.3 Å². The van der Waals surface area contributed by atoms with Gasteiger partial charge in [-0.2, -0.15) is 0 Å². The zero-order valence-electron chi connectivity index (χ0n) is 14.2. The molecule has 0 unspecified atom stereocenters. The molecule has 0 aliphatic carbocycles. The highest BCUT2D eigenvalue weighted by Gasteiger charge is 2.37. The Hall–Kier alpha value is -2.37. The Morgan fingerprint density at radius 2 is 1.83 bits per heavy atom. The number of nitrogens with one attached hydrogen (secondary N) is 1. The molecule has 0 saturated carbocycles. The van der Waals surface area contributed by atoms with Crippen LogP contribution in [0.15, 0.2) is 30.3 Å². The fourth-order valence-electron chi connectivity index (χ4n) is 2.98. The zero-order valence-corrected chi connectivity index (χ0v) is 14.2. The lowest BCUT2D eigenvalue weighted by Crippen LogP contribution is -2.40. The molecule has 6 nitrogen and oxygen atoms in total. The fraction of sp³-hybridized carbons (Fsp3) is 0.500. The van der Waals surface area contributed by atoms with Crippen molar-refractivity contribution in [3.63, 3.8) is 0 Å². The van der Waals surface area contributed by atoms with Crippen molar-refractivity contribution in [2.75, 3.05) is 6.54 Å². The molecule has 1 aromatic rings. The van der Waals surface area contributed by atoms with Crippen molar-refractivity contribution in [2.24, 2.45) is 11.8 Å². The third-order valence-electron chi connectivity index (χ3n) is 4.50. The molecule has 1 fully saturated rings. The van der Waals surface area contributed by atoms with E-state index >= 15 is 0 Å². The predicted molar refractivity (Wildman–Crippen MR) is 89.1 cm³/mol. The average molecular weight is 332 g/mol. The van der Waals surface area contributed by atoms with Crippen LogP contribution in [-0.2, 0) is 14.4 Å². The Morgan fingerprint density at radius 1 is 1.21 bits per heavy atom. The highest BCUT2D eigenvalue weighted by molar-refractivity contribution is 5.89. The van der Waals surface area contributed by atoms with E-state index in [1.807, 2.05) is 32.0 Å². The van der Waals surface area contributed by atoms with Crippen molar-refractivity contribution in [3.8, 4) is 0 Å². The first-order chi connectivity index (χ1) is 11.3. The molecule has 0 bridgehead atoms. The summed E-state index contributed by atoms with van der Waals surface area (Å²) in [5.41, 5.74) is 0.741. The molecule has 1 heterocycles. The number of carbonyl (C=O) groups is 3. The number of benzene rings is 1. The summed E-state index contributed by atoms with van der Waals surface area (Å²) in [6.07, 6.45) is 0.174. The van der Waals surface area contributed by atoms with Gasteiger partial charge in [-0.05, 0) is 26.3 Å². The molecule has 2 N–H and O–H groups in total. The van der Waals surface area contributed by atoms with Gasteiger partial charge in [0.2, 0.25) is 11.8 Å². The number of carboxylic acid groups (broad SMARTS) is 1. The topological polar surface area (TPSA) is 86.7 Å². The van der Waals surface area contributed by atoms with Gasteiger partial charge < -0.3 is 15.3 Å². The van der Waals surface area contributed by atoms with Gasteiger partial charge in [-0.15, -0.1) is 0 Å². The van der Waals surface area contributed by atoms with Crippen molar-refractivity contribution in [3.05, 3.63) is 35.9 Å². The second-order valence-electron chi connectivity index (χ2n) is 6.56. The van der Waals surface area contributed by atoms with E-state index in [4.69, 9.17) is 0 Å². The van der Waals surface area contributed by atoms with Crippen LogP contribution in [0.1, 0.15) is 38.8 Å². The van der Waals surface area contributed by atoms with E-state index in [0.29, 0.717) is 6.54 Å². The lowest BCUT2D eigenvalue weighted by Gasteiger charge is -2.25. The van der Waals surface area contributed by atoms with Gasteiger partial charge in [0, 0.05) is 19.0 Å². The van der Waals surface area contributed by atoms with Crippen molar-refractivity contribution >= 4 is 17.8 Å². The number of hydrogen-bond donors (Lipinski definition) is 2. The Bertz CT molecular complexity index is 615. The maximum Gasteiger partial charge on any atom is 0.308 e. The lowest BCUT2D eigenvalue weighted by atomic mass is 9.93. The SMILES string of the molecule is CC(C)N1C[C@H](C(=O)N[C@H](c2ccccc2)[C@H](C)C(=O)O)CC1=O. The summed E-state index contributed by atoms with van der Waals surface area (Å²) in [6, 6.07) is 8.47. The van der Waals surface area contributed by atoms with E-state index in [0.717, 1.165) is 5.56 Å². The second kappa shape index (κ2) is 7.47. The lowest BCUT2D eigenvalue weighted by molar-refractivity contribution is -0.142. The summed E-state index contributed by atoms with van der Waals surface area (Å²) in [5.74, 6) is -2.49. The average Bonchev–Trinajstić information content (AvgIpc) is 2.94. The van der Waals surface area contributed by atoms with Crippen LogP contribution in [0.3, 0.4) is 0 Å². The second-order valence-corrected chi connectivity index (χ2v) is 6.56. The summed E-state index contributed by atoms with van der Waals surface area (Å²) >= 11 is 0. The minimum Gasteiger partial charge on any atom is -0.481 e. The van der Waals surface area contributed by atoms with Crippen LogP contribution >= 0.6 is 0 Å². The summed E-state index contributed by atoms with van der Waals surface area (Å²) in [4.78, 5) is 37.6. The number of carboxylic acids is 1. The Morgan fingerprint density at radius 3 is 2.33 bits per heavy atom. The number of likely N-dealkylation sites (tertiary alicyclic amines) is 1. The first-order valence-corrected chi connectivity index (χ1v) is 8.18. The molecule has 24 heavy (non-hydrogen) atoms. The van der Waals surface area contributed by atoms with Crippen LogP contribution in [0.2, 0.25) is 0 Å². The quantitative estimate of drug-likeness (QED) is 0.832. The summed E-state index contributed by atoms with van der Waals surface area (Å²) < 4.78 is 0. The van der Waals surface area contributed by atoms with Gasteiger partial charge in [-0.25, -0.2) is 0 Å². The van der Waals surface area contributed by atoms with Gasteiger partial charge in [0.25, 0.3) is 0 Å². The van der Waals surface area contributed by atoms with E-state index in [1.54, 1.807) is 24.0 Å². The summed E-state index contributed by atoms with van der Waals surface area (Å²) in [6.45, 7) is 5.78. The molecule has 0 spiro atoms. The summed E-state index contributed by atoms with van der Waals surface area (Å²) in [7, 11) is 0. The van der Waals surface area contributed by atoms with E-state index in [9.17, 15) is 19.5 Å². The molecule has 0 radical (unpaired) electrons. The normalized spacial score (nSPS) is 20.1. The molecule has 2 rings (SSSR count). The van der Waals surface area contributed by atoms with Gasteiger partial charge in [0.15, 0.2) is 0 Å². The molecule has 2 amide bonds. The highest BCUT2D eigenvalue weighted by atomic mass is 16.4. The maximum atomic E-state index is 12.6. The monoisotopic (exact) mass is 332 g/mol. The Labute approximate surface area is 141 Å². The van der Waals surface area contributed by atoms with Crippen LogP contribution in [0.5, 0.6) is 0 Å². The maximum absolute atomic E-state index is 12.6. The van der Waals surface area contributed by atoms with Crippen molar-refractivity contribution in [2.45, 2.75) is 39.3 Å². The molecule has 0 aromatic heterocycles. The first-order valence-electron chi connectivity index (χ1n) is 8.18. The van der Waals surface area contributed by atoms with Gasteiger partial charge >= 0.3 is 5.97 Å². The van der Waals surface area contributed by atoms with Crippen LogP contribution in [0.25, 0.3) is 0 Å². The predicted octanol–water partition coefficient (Wildman–Crippen LogP) is 1.82. The number of nitrogens with zero attached hydrogens (tertiary/aromatic N) is 1. The van der Waals surface area contributed by atoms with E-state index < -0.39 is 23.8 Å². The third kappa shape index (κ3) is 3.93. The number of hydrogen-bond acceptors (Lipinski definition) is 3. The van der Waals surface area contributed by atoms with Crippen LogP contribution < -0.4 is 5.32 Å². The minimum absolute atomic E-state index is 0.0345. The van der Waals surface area contributed by atoms with Crippen molar-refractivity contribution < 1.29 is 19.5 Å². The molecule has 6 heteroatoms. The molecule has 1 saturated heterocycles. The van der Waals surface area contributed by atoms with Gasteiger partial charge in [0.05, 0.1) is 17.9 Å². The Balaban J connectivity index is 2.14. The zero-order chi connectivity index (χ0) is 17.9. The largest absolute Gasteiger partial charge is 0.481 e. The van der Waals surface area contributed by atoms with E-state index in [2.05, 4.69) is 5.32 Å². The van der Waals surface area contributed by atoms with Gasteiger partial charge in [0.1, 0.15) is 0 Å². The molecular formula is C18H24N2O4. The number of carbonyl (C=O) groups excluding carboxylic acids is 2. The van der Waals surface area contributed by atoms with Crippen molar-refractivity contribution in [1.82, 2.24) is 10.2 Å². The number of aliphatic carboxylic acids is 1. The van der Waals surface area contributed by atoms with Crippen LogP contribution in [0, 0.1) is 11.8 Å². The molecule has 3 atom stereocenters. The fourth-order valence-corrected chi connectivity index (χ4v) is 2.98. The highest BCUT2D eigenvalue weighted by Crippen LogP contribution is 2.25. The van der Waals surface area contributed by atoms with Gasteiger partial charge in [-0.1, -0.05) is 30.3 Å². The Kier molecular flexibility index (Phi) is 5.59. The number of rotatable bonds is 6. The smallest absolute Gasteiger partial charge is 0.308 e. The molecule has 130 valence electrons. The van der Waals surface area contributed by atoms with Gasteiger partial charge in [-0.3, -0.25) is 14.4 Å².